The number of nitrogens with zero attached hydrogens (tertiary/aromatic N) is 1. The van der Waals surface area contributed by atoms with E-state index in [-0.39, 0.29) is 5.91 Å². The van der Waals surface area contributed by atoms with Crippen LogP contribution in [0.15, 0.2) is 91.5 Å². The lowest BCUT2D eigenvalue weighted by Crippen LogP contribution is -2.26. The summed E-state index contributed by atoms with van der Waals surface area (Å²) in [7, 11) is 0. The molecule has 0 aromatic heterocycles. The molecule has 2 heteroatoms. The lowest BCUT2D eigenvalue weighted by Gasteiger charge is -2.25. The molecule has 0 unspecified atom stereocenters. The van der Waals surface area contributed by atoms with Gasteiger partial charge >= 0.3 is 0 Å². The minimum Gasteiger partial charge on any atom is -0.276 e. The van der Waals surface area contributed by atoms with E-state index in [4.69, 9.17) is 0 Å². The highest BCUT2D eigenvalue weighted by atomic mass is 16.2. The third-order valence-electron chi connectivity index (χ3n) is 3.84. The molecule has 3 aromatic carbocycles. The number of allylic oxidation sites excluding steroid dienone is 1. The molecule has 0 aliphatic heterocycles. The van der Waals surface area contributed by atoms with E-state index in [2.05, 4.69) is 6.58 Å². The van der Waals surface area contributed by atoms with Crippen molar-refractivity contribution in [1.29, 1.82) is 0 Å². The van der Waals surface area contributed by atoms with Crippen LogP contribution in [0.4, 0.5) is 11.4 Å². The van der Waals surface area contributed by atoms with Gasteiger partial charge < -0.3 is 0 Å². The Morgan fingerprint density at radius 2 is 1.33 bits per heavy atom. The van der Waals surface area contributed by atoms with Crippen molar-refractivity contribution in [3.8, 4) is 0 Å². The molecule has 0 aliphatic rings. The Bertz CT molecular complexity index is 853. The molecule has 0 bridgehead atoms. The Hall–Kier alpha value is -3.13. The van der Waals surface area contributed by atoms with Crippen molar-refractivity contribution >= 4 is 22.9 Å². The lowest BCUT2D eigenvalue weighted by atomic mass is 10.0. The maximum Gasteiger partial charge on any atom is 0.262 e. The predicted molar refractivity (Wildman–Crippen MR) is 101 cm³/mol. The Labute approximate surface area is 142 Å². The van der Waals surface area contributed by atoms with E-state index >= 15 is 0 Å². The smallest absolute Gasteiger partial charge is 0.262 e. The lowest BCUT2D eigenvalue weighted by molar-refractivity contribution is 0.0999. The van der Waals surface area contributed by atoms with Crippen LogP contribution in [0.25, 0.3) is 5.57 Å². The van der Waals surface area contributed by atoms with Crippen molar-refractivity contribution in [2.45, 2.75) is 6.92 Å². The third kappa shape index (κ3) is 3.13. The summed E-state index contributed by atoms with van der Waals surface area (Å²) >= 11 is 0. The van der Waals surface area contributed by atoms with Gasteiger partial charge in [0.1, 0.15) is 0 Å². The Morgan fingerprint density at radius 3 is 1.96 bits per heavy atom. The van der Waals surface area contributed by atoms with E-state index in [9.17, 15) is 4.79 Å². The summed E-state index contributed by atoms with van der Waals surface area (Å²) in [6.45, 7) is 6.01. The van der Waals surface area contributed by atoms with Gasteiger partial charge in [0.25, 0.3) is 5.91 Å². The molecule has 118 valence electrons. The van der Waals surface area contributed by atoms with Gasteiger partial charge in [-0.2, -0.15) is 0 Å². The maximum atomic E-state index is 13.2. The minimum absolute atomic E-state index is 0.0597. The van der Waals surface area contributed by atoms with Crippen LogP contribution in [-0.4, -0.2) is 5.91 Å². The van der Waals surface area contributed by atoms with E-state index in [1.54, 1.807) is 4.90 Å². The highest BCUT2D eigenvalue weighted by molar-refractivity contribution is 6.12. The Morgan fingerprint density at radius 1 is 0.792 bits per heavy atom. The largest absolute Gasteiger partial charge is 0.276 e. The van der Waals surface area contributed by atoms with E-state index < -0.39 is 0 Å². The Kier molecular flexibility index (Phi) is 4.57. The van der Waals surface area contributed by atoms with Crippen molar-refractivity contribution in [3.63, 3.8) is 0 Å². The van der Waals surface area contributed by atoms with E-state index in [0.29, 0.717) is 5.56 Å². The van der Waals surface area contributed by atoms with Crippen molar-refractivity contribution in [2.75, 3.05) is 4.90 Å². The zero-order valence-corrected chi connectivity index (χ0v) is 13.6. The number of carbonyl (C=O) groups is 1. The Balaban J connectivity index is 2.18. The van der Waals surface area contributed by atoms with Crippen LogP contribution >= 0.6 is 0 Å². The number of hydrogen-bond acceptors (Lipinski definition) is 1. The second kappa shape index (κ2) is 6.97. The highest BCUT2D eigenvalue weighted by Gasteiger charge is 2.21. The topological polar surface area (TPSA) is 20.3 Å². The molecular weight excluding hydrogens is 294 g/mol. The molecule has 0 atom stereocenters. The van der Waals surface area contributed by atoms with E-state index in [0.717, 1.165) is 22.5 Å². The number of hydrogen-bond donors (Lipinski definition) is 0. The molecule has 0 saturated heterocycles. The molecule has 0 fully saturated rings. The monoisotopic (exact) mass is 313 g/mol. The van der Waals surface area contributed by atoms with Crippen molar-refractivity contribution in [3.05, 3.63) is 103 Å². The molecule has 24 heavy (non-hydrogen) atoms. The molecule has 0 aliphatic carbocycles. The van der Waals surface area contributed by atoms with Gasteiger partial charge in [0.05, 0.1) is 5.69 Å². The molecule has 0 heterocycles. The number of benzene rings is 3. The van der Waals surface area contributed by atoms with Crippen LogP contribution in [0.5, 0.6) is 0 Å². The van der Waals surface area contributed by atoms with Crippen LogP contribution in [0.1, 0.15) is 22.8 Å². The van der Waals surface area contributed by atoms with E-state index in [1.165, 1.54) is 0 Å². The molecule has 0 radical (unpaired) electrons. The fraction of sp³-hybridized carbons (Fsp3) is 0.0455. The second-order valence-corrected chi connectivity index (χ2v) is 5.64. The summed E-state index contributed by atoms with van der Waals surface area (Å²) < 4.78 is 0. The molecule has 2 nitrogen and oxygen atoms in total. The maximum absolute atomic E-state index is 13.2. The fourth-order valence-corrected chi connectivity index (χ4v) is 2.68. The van der Waals surface area contributed by atoms with Crippen LogP contribution in [0.2, 0.25) is 0 Å². The van der Waals surface area contributed by atoms with Crippen LogP contribution in [-0.2, 0) is 0 Å². The summed E-state index contributed by atoms with van der Waals surface area (Å²) in [6.07, 6.45) is 0. The van der Waals surface area contributed by atoms with Gasteiger partial charge in [-0.25, -0.2) is 0 Å². The average molecular weight is 313 g/mol. The van der Waals surface area contributed by atoms with Crippen LogP contribution in [0.3, 0.4) is 0 Å². The van der Waals surface area contributed by atoms with Gasteiger partial charge in [0, 0.05) is 16.8 Å². The predicted octanol–water partition coefficient (Wildman–Crippen LogP) is 5.70. The van der Waals surface area contributed by atoms with Crippen LogP contribution < -0.4 is 4.90 Å². The molecule has 3 rings (SSSR count). The van der Waals surface area contributed by atoms with Crippen molar-refractivity contribution in [2.24, 2.45) is 0 Å². The first-order valence-corrected chi connectivity index (χ1v) is 7.88. The van der Waals surface area contributed by atoms with Crippen LogP contribution in [0, 0.1) is 0 Å². The summed E-state index contributed by atoms with van der Waals surface area (Å²) in [4.78, 5) is 15.0. The van der Waals surface area contributed by atoms with Gasteiger partial charge in [0.15, 0.2) is 0 Å². The molecule has 1 amide bonds. The van der Waals surface area contributed by atoms with Crippen molar-refractivity contribution < 1.29 is 4.79 Å². The molecule has 0 N–H and O–H groups in total. The van der Waals surface area contributed by atoms with E-state index in [1.807, 2.05) is 91.9 Å². The zero-order chi connectivity index (χ0) is 16.9. The summed E-state index contributed by atoms with van der Waals surface area (Å²) in [5.41, 5.74) is 4.21. The number of rotatable bonds is 4. The number of para-hydroxylation sites is 2. The first-order chi connectivity index (χ1) is 11.7. The van der Waals surface area contributed by atoms with Gasteiger partial charge in [-0.3, -0.25) is 9.69 Å². The molecule has 0 saturated carbocycles. The molecule has 3 aromatic rings. The zero-order valence-electron chi connectivity index (χ0n) is 13.6. The quantitative estimate of drug-likeness (QED) is 0.605. The average Bonchev–Trinajstić information content (AvgIpc) is 2.64. The molecular formula is C22H19NO. The van der Waals surface area contributed by atoms with Gasteiger partial charge in [-0.05, 0) is 42.8 Å². The SMILES string of the molecule is C=C(C)c1ccccc1N(C(=O)c1ccccc1)c1ccccc1. The minimum atomic E-state index is -0.0597. The number of amides is 1. The van der Waals surface area contributed by atoms with Gasteiger partial charge in [0.2, 0.25) is 0 Å². The normalized spacial score (nSPS) is 10.2. The number of anilines is 2. The van der Waals surface area contributed by atoms with Crippen molar-refractivity contribution in [1.82, 2.24) is 0 Å². The summed E-state index contributed by atoms with van der Waals surface area (Å²) in [6, 6.07) is 26.9. The molecule has 0 spiro atoms. The standard InChI is InChI=1S/C22H19NO/c1-17(2)20-15-9-10-16-21(20)23(19-13-7-4-8-14-19)22(24)18-11-5-3-6-12-18/h3-16H,1H2,2H3. The summed E-state index contributed by atoms with van der Waals surface area (Å²) in [5, 5.41) is 0. The summed E-state index contributed by atoms with van der Waals surface area (Å²) in [5.74, 6) is -0.0597. The van der Waals surface area contributed by atoms with Gasteiger partial charge in [-0.1, -0.05) is 61.2 Å². The first kappa shape index (κ1) is 15.8. The second-order valence-electron chi connectivity index (χ2n) is 5.64. The first-order valence-electron chi connectivity index (χ1n) is 7.88. The number of carbonyl (C=O) groups excluding carboxylic acids is 1. The highest BCUT2D eigenvalue weighted by Crippen LogP contribution is 2.33. The third-order valence-corrected chi connectivity index (χ3v) is 3.84. The van der Waals surface area contributed by atoms with Gasteiger partial charge in [-0.15, -0.1) is 0 Å². The fourth-order valence-electron chi connectivity index (χ4n) is 2.68.